The molecule has 0 saturated heterocycles. The fraction of sp³-hybridized carbons (Fsp3) is 0.368. The van der Waals surface area contributed by atoms with Crippen LogP contribution in [0.1, 0.15) is 23.3 Å². The second-order valence-corrected chi connectivity index (χ2v) is 6.85. The number of methoxy groups -OCH3 is 1. The molecule has 29 heavy (non-hydrogen) atoms. The second-order valence-electron chi connectivity index (χ2n) is 6.48. The van der Waals surface area contributed by atoms with Crippen molar-refractivity contribution in [2.24, 2.45) is 5.16 Å². The smallest absolute Gasteiger partial charge is 0.416 e. The highest BCUT2D eigenvalue weighted by atomic mass is 35.5. The number of hydrogen-bond donors (Lipinski definition) is 0. The van der Waals surface area contributed by atoms with E-state index in [-0.39, 0.29) is 30.8 Å². The summed E-state index contributed by atoms with van der Waals surface area (Å²) in [7, 11) is 1.37. The van der Waals surface area contributed by atoms with Gasteiger partial charge in [-0.1, -0.05) is 17.3 Å². The molecule has 0 fully saturated rings. The van der Waals surface area contributed by atoms with Crippen molar-refractivity contribution in [1.82, 2.24) is 4.90 Å². The molecule has 6 nitrogen and oxygen atoms in total. The predicted molar refractivity (Wildman–Crippen MR) is 98.5 cm³/mol. The zero-order valence-corrected chi connectivity index (χ0v) is 16.2. The first-order valence-electron chi connectivity index (χ1n) is 8.67. The van der Waals surface area contributed by atoms with Gasteiger partial charge in [0.05, 0.1) is 12.1 Å². The Kier molecular flexibility index (Phi) is 6.49. The third-order valence-electron chi connectivity index (χ3n) is 4.26. The molecule has 10 heteroatoms. The minimum atomic E-state index is -4.46. The maximum Gasteiger partial charge on any atom is 0.416 e. The molecule has 1 unspecified atom stereocenters. The Morgan fingerprint density at radius 3 is 2.79 bits per heavy atom. The normalized spacial score (nSPS) is 16.4. The minimum absolute atomic E-state index is 0.0200. The predicted octanol–water partition coefficient (Wildman–Crippen LogP) is 4.12. The Hall–Kier alpha value is -2.52. The van der Waals surface area contributed by atoms with E-state index in [0.717, 1.165) is 12.1 Å². The van der Waals surface area contributed by atoms with E-state index in [2.05, 4.69) is 5.16 Å². The number of amides is 1. The van der Waals surface area contributed by atoms with E-state index in [1.807, 2.05) is 0 Å². The van der Waals surface area contributed by atoms with Crippen molar-refractivity contribution >= 4 is 23.2 Å². The summed E-state index contributed by atoms with van der Waals surface area (Å²) in [5, 5.41) is 4.17. The van der Waals surface area contributed by atoms with Crippen molar-refractivity contribution in [3.05, 3.63) is 58.5 Å². The Labute approximate surface area is 169 Å². The van der Waals surface area contributed by atoms with Crippen molar-refractivity contribution in [3.63, 3.8) is 0 Å². The largest absolute Gasteiger partial charge is 0.443 e. The molecule has 1 aromatic carbocycles. The van der Waals surface area contributed by atoms with Crippen LogP contribution in [0.3, 0.4) is 0 Å². The highest BCUT2D eigenvalue weighted by Gasteiger charge is 2.31. The van der Waals surface area contributed by atoms with Crippen LogP contribution in [0.25, 0.3) is 0 Å². The third kappa shape index (κ3) is 5.51. The molecule has 3 rings (SSSR count). The number of oxime groups is 1. The van der Waals surface area contributed by atoms with Gasteiger partial charge < -0.3 is 18.9 Å². The van der Waals surface area contributed by atoms with Crippen LogP contribution in [-0.2, 0) is 27.1 Å². The number of benzene rings is 1. The molecule has 0 radical (unpaired) electrons. The van der Waals surface area contributed by atoms with Gasteiger partial charge in [-0.3, -0.25) is 4.79 Å². The van der Waals surface area contributed by atoms with Crippen molar-refractivity contribution < 1.29 is 32.0 Å². The first kappa shape index (κ1) is 21.2. The number of rotatable bonds is 7. The highest BCUT2D eigenvalue weighted by molar-refractivity contribution is 6.29. The topological polar surface area (TPSA) is 64.3 Å². The van der Waals surface area contributed by atoms with E-state index in [0.29, 0.717) is 23.5 Å². The van der Waals surface area contributed by atoms with Gasteiger partial charge in [0.15, 0.2) is 17.1 Å². The second kappa shape index (κ2) is 8.87. The quantitative estimate of drug-likeness (QED) is 0.663. The zero-order valence-electron chi connectivity index (χ0n) is 15.4. The van der Waals surface area contributed by atoms with Gasteiger partial charge in [0.1, 0.15) is 12.3 Å². The zero-order chi connectivity index (χ0) is 21.0. The Morgan fingerprint density at radius 2 is 2.14 bits per heavy atom. The molecule has 156 valence electrons. The van der Waals surface area contributed by atoms with E-state index >= 15 is 0 Å². The van der Waals surface area contributed by atoms with Crippen molar-refractivity contribution in [2.45, 2.75) is 25.2 Å². The number of furan rings is 1. The van der Waals surface area contributed by atoms with Crippen molar-refractivity contribution in [1.29, 1.82) is 0 Å². The number of carbonyl (C=O) groups is 1. The fourth-order valence-electron chi connectivity index (χ4n) is 2.92. The molecule has 0 aliphatic carbocycles. The first-order valence-corrected chi connectivity index (χ1v) is 9.05. The third-order valence-corrected chi connectivity index (χ3v) is 4.47. The number of hydrogen-bond acceptors (Lipinski definition) is 5. The molecule has 1 aliphatic heterocycles. The molecule has 1 amide bonds. The summed E-state index contributed by atoms with van der Waals surface area (Å²) >= 11 is 5.76. The lowest BCUT2D eigenvalue weighted by molar-refractivity contribution is -0.137. The van der Waals surface area contributed by atoms with E-state index in [4.69, 9.17) is 25.6 Å². The monoisotopic (exact) mass is 430 g/mol. The van der Waals surface area contributed by atoms with Crippen LogP contribution in [0.15, 0.2) is 46.0 Å². The van der Waals surface area contributed by atoms with Gasteiger partial charge in [-0.2, -0.15) is 13.2 Å². The van der Waals surface area contributed by atoms with Gasteiger partial charge in [0.2, 0.25) is 5.91 Å². The summed E-state index contributed by atoms with van der Waals surface area (Å²) in [6.07, 6.45) is -4.57. The van der Waals surface area contributed by atoms with Crippen LogP contribution in [0.4, 0.5) is 13.2 Å². The average Bonchev–Trinajstić information content (AvgIpc) is 3.30. The fourth-order valence-corrected chi connectivity index (χ4v) is 3.07. The van der Waals surface area contributed by atoms with Gasteiger partial charge in [-0.25, -0.2) is 0 Å². The number of nitrogens with zero attached hydrogens (tertiary/aromatic N) is 2. The lowest BCUT2D eigenvalue weighted by atomic mass is 10.1. The standard InChI is InChI=1S/C19H18ClF3N2O4/c1-27-11-18(26)25(9-12-3-2-4-13(7-12)19(21,22)23)10-14-8-15(24-29-14)16-5-6-17(20)28-16/h2-7,14H,8-11H2,1H3. The van der Waals surface area contributed by atoms with E-state index in [1.165, 1.54) is 24.1 Å². The van der Waals surface area contributed by atoms with Gasteiger partial charge in [-0.15, -0.1) is 0 Å². The molecule has 0 bridgehead atoms. The molecule has 0 N–H and O–H groups in total. The summed E-state index contributed by atoms with van der Waals surface area (Å²) in [6, 6.07) is 8.09. The molecule has 0 spiro atoms. The maximum absolute atomic E-state index is 13.0. The van der Waals surface area contributed by atoms with Gasteiger partial charge in [0.25, 0.3) is 0 Å². The maximum atomic E-state index is 13.0. The van der Waals surface area contributed by atoms with Gasteiger partial charge in [-0.05, 0) is 41.4 Å². The lowest BCUT2D eigenvalue weighted by Crippen LogP contribution is -2.39. The summed E-state index contributed by atoms with van der Waals surface area (Å²) in [5.74, 6) is 0.0909. The lowest BCUT2D eigenvalue weighted by Gasteiger charge is -2.25. The molecule has 2 heterocycles. The number of halogens is 4. The summed E-state index contributed by atoms with van der Waals surface area (Å²) in [4.78, 5) is 19.2. The van der Waals surface area contributed by atoms with E-state index < -0.39 is 17.8 Å². The van der Waals surface area contributed by atoms with Gasteiger partial charge >= 0.3 is 6.18 Å². The number of ether oxygens (including phenoxy) is 1. The van der Waals surface area contributed by atoms with Crippen LogP contribution in [0.2, 0.25) is 5.22 Å². The number of alkyl halides is 3. The highest BCUT2D eigenvalue weighted by Crippen LogP contribution is 2.30. The van der Waals surface area contributed by atoms with Crippen molar-refractivity contribution in [3.8, 4) is 0 Å². The van der Waals surface area contributed by atoms with E-state index in [9.17, 15) is 18.0 Å². The molecule has 0 saturated carbocycles. The molecular weight excluding hydrogens is 413 g/mol. The van der Waals surface area contributed by atoms with E-state index in [1.54, 1.807) is 12.1 Å². The SMILES string of the molecule is COCC(=O)N(Cc1cccc(C(F)(F)F)c1)CC1CC(c2ccc(Cl)o2)=NO1. The molecular formula is C19H18ClF3N2O4. The summed E-state index contributed by atoms with van der Waals surface area (Å²) in [5.41, 5.74) is 0.118. The van der Waals surface area contributed by atoms with Crippen LogP contribution in [-0.4, -0.2) is 42.9 Å². The van der Waals surface area contributed by atoms with Crippen LogP contribution >= 0.6 is 11.6 Å². The van der Waals surface area contributed by atoms with Crippen LogP contribution in [0, 0.1) is 0 Å². The average molecular weight is 431 g/mol. The van der Waals surface area contributed by atoms with Gasteiger partial charge in [0, 0.05) is 20.1 Å². The molecule has 1 aliphatic rings. The Bertz CT molecular complexity index is 898. The Morgan fingerprint density at radius 1 is 1.34 bits per heavy atom. The molecule has 1 atom stereocenters. The van der Waals surface area contributed by atoms with Crippen molar-refractivity contribution in [2.75, 3.05) is 20.3 Å². The minimum Gasteiger partial charge on any atom is -0.443 e. The summed E-state index contributed by atoms with van der Waals surface area (Å²) < 4.78 is 49.1. The first-order chi connectivity index (χ1) is 13.8. The summed E-state index contributed by atoms with van der Waals surface area (Å²) in [6.45, 7) is -0.0963. The number of carbonyl (C=O) groups excluding carboxylic acids is 1. The molecule has 2 aromatic rings. The molecule has 1 aromatic heterocycles. The van der Waals surface area contributed by atoms with Crippen LogP contribution in [0.5, 0.6) is 0 Å². The Balaban J connectivity index is 1.69. The van der Waals surface area contributed by atoms with Crippen LogP contribution < -0.4 is 0 Å².